The van der Waals surface area contributed by atoms with Crippen molar-refractivity contribution in [3.05, 3.63) is 33.3 Å². The topological polar surface area (TPSA) is 33.1 Å². The van der Waals surface area contributed by atoms with Gasteiger partial charge in [-0.25, -0.2) is 0 Å². The Kier molecular flexibility index (Phi) is 4.05. The standard InChI is InChI=1S/C9H5Br2NO.Zn/c10-6-4-7(11)9(13)8-5(6)2-1-3-12-8;/h1-4,13H;. The van der Waals surface area contributed by atoms with Gasteiger partial charge in [0.15, 0.2) is 5.75 Å². The Balaban J connectivity index is 0.000000980. The SMILES string of the molecule is Oc1c(Br)cc(Br)c2cccnc12.[Zn]. The Hall–Kier alpha value is 0.0134. The Morgan fingerprint density at radius 2 is 1.93 bits per heavy atom. The molecule has 0 saturated heterocycles. The Labute approximate surface area is 111 Å². The summed E-state index contributed by atoms with van der Waals surface area (Å²) < 4.78 is 1.56. The van der Waals surface area contributed by atoms with E-state index >= 15 is 0 Å². The van der Waals surface area contributed by atoms with E-state index in [0.29, 0.717) is 9.99 Å². The zero-order valence-electron chi connectivity index (χ0n) is 7.17. The first-order chi connectivity index (χ1) is 6.20. The zero-order valence-corrected chi connectivity index (χ0v) is 13.3. The van der Waals surface area contributed by atoms with Crippen LogP contribution in [0.4, 0.5) is 0 Å². The third-order valence-corrected chi connectivity index (χ3v) is 3.03. The molecule has 2 rings (SSSR count). The first-order valence-corrected chi connectivity index (χ1v) is 5.20. The number of nitrogens with zero attached hydrogens (tertiary/aromatic N) is 1. The molecule has 0 amide bonds. The molecular weight excluding hydrogens is 363 g/mol. The van der Waals surface area contributed by atoms with Crippen LogP contribution in [0.3, 0.4) is 0 Å². The number of hydrogen-bond donors (Lipinski definition) is 1. The van der Waals surface area contributed by atoms with Gasteiger partial charge < -0.3 is 5.11 Å². The van der Waals surface area contributed by atoms with Crippen molar-refractivity contribution < 1.29 is 24.6 Å². The zero-order chi connectivity index (χ0) is 9.42. The molecule has 1 aromatic heterocycles. The Bertz CT molecular complexity index is 476. The summed E-state index contributed by atoms with van der Waals surface area (Å²) in [4.78, 5) is 4.09. The normalized spacial score (nSPS) is 9.86. The molecule has 0 unspecified atom stereocenters. The number of aromatic nitrogens is 1. The minimum Gasteiger partial charge on any atom is -0.505 e. The third kappa shape index (κ3) is 2.00. The maximum Gasteiger partial charge on any atom is 0.156 e. The summed E-state index contributed by atoms with van der Waals surface area (Å²) in [6.45, 7) is 0. The summed E-state index contributed by atoms with van der Waals surface area (Å²) >= 11 is 6.65. The molecule has 0 saturated carbocycles. The first-order valence-electron chi connectivity index (χ1n) is 3.62. The first kappa shape index (κ1) is 12.1. The molecule has 5 heteroatoms. The van der Waals surface area contributed by atoms with E-state index in [1.807, 2.05) is 12.1 Å². The molecular formula is C9H5Br2NOZn. The van der Waals surface area contributed by atoms with E-state index < -0.39 is 0 Å². The van der Waals surface area contributed by atoms with Gasteiger partial charge in [-0.05, 0) is 28.1 Å². The molecule has 0 spiro atoms. The van der Waals surface area contributed by atoms with Gasteiger partial charge in [0.25, 0.3) is 0 Å². The van der Waals surface area contributed by atoms with Crippen molar-refractivity contribution in [2.45, 2.75) is 0 Å². The second-order valence-corrected chi connectivity index (χ2v) is 4.30. The van der Waals surface area contributed by atoms with Gasteiger partial charge in [0, 0.05) is 35.5 Å². The van der Waals surface area contributed by atoms with Crippen LogP contribution >= 0.6 is 31.9 Å². The van der Waals surface area contributed by atoms with Crippen molar-refractivity contribution in [1.29, 1.82) is 0 Å². The summed E-state index contributed by atoms with van der Waals surface area (Å²) in [6, 6.07) is 5.54. The second-order valence-electron chi connectivity index (χ2n) is 2.59. The summed E-state index contributed by atoms with van der Waals surface area (Å²) in [5, 5.41) is 10.6. The number of fused-ring (bicyclic) bond motifs is 1. The van der Waals surface area contributed by atoms with Crippen LogP contribution in [0.1, 0.15) is 0 Å². The van der Waals surface area contributed by atoms with Gasteiger partial charge in [-0.15, -0.1) is 0 Å². The number of benzene rings is 1. The van der Waals surface area contributed by atoms with E-state index in [9.17, 15) is 5.11 Å². The van der Waals surface area contributed by atoms with E-state index in [1.54, 1.807) is 12.3 Å². The van der Waals surface area contributed by atoms with Crippen LogP contribution in [0.15, 0.2) is 33.3 Å². The molecule has 1 aromatic carbocycles. The van der Waals surface area contributed by atoms with Gasteiger partial charge in [0.05, 0.1) is 4.47 Å². The number of aromatic hydroxyl groups is 1. The molecule has 1 heterocycles. The molecule has 1 N–H and O–H groups in total. The van der Waals surface area contributed by atoms with E-state index in [0.717, 1.165) is 9.86 Å². The van der Waals surface area contributed by atoms with Gasteiger partial charge in [-0.1, -0.05) is 22.0 Å². The molecule has 14 heavy (non-hydrogen) atoms. The van der Waals surface area contributed by atoms with Crippen LogP contribution in [0, 0.1) is 0 Å². The number of rotatable bonds is 0. The quantitative estimate of drug-likeness (QED) is 0.723. The fourth-order valence-corrected chi connectivity index (χ4v) is 2.43. The maximum absolute atomic E-state index is 9.65. The molecule has 2 aromatic rings. The monoisotopic (exact) mass is 365 g/mol. The number of phenols is 1. The molecule has 2 nitrogen and oxygen atoms in total. The number of phenolic OH excluding ortho intramolecular Hbond substituents is 1. The van der Waals surface area contributed by atoms with Crippen LogP contribution < -0.4 is 0 Å². The number of hydrogen-bond acceptors (Lipinski definition) is 2. The van der Waals surface area contributed by atoms with E-state index in [1.165, 1.54) is 0 Å². The molecule has 68 valence electrons. The van der Waals surface area contributed by atoms with Gasteiger partial charge in [0.1, 0.15) is 5.52 Å². The van der Waals surface area contributed by atoms with Crippen molar-refractivity contribution >= 4 is 42.8 Å². The van der Waals surface area contributed by atoms with Gasteiger partial charge in [-0.2, -0.15) is 0 Å². The Morgan fingerprint density at radius 3 is 2.64 bits per heavy atom. The number of pyridine rings is 1. The van der Waals surface area contributed by atoms with Crippen molar-refractivity contribution in [2.75, 3.05) is 0 Å². The van der Waals surface area contributed by atoms with Crippen LogP contribution in [-0.2, 0) is 19.5 Å². The van der Waals surface area contributed by atoms with E-state index in [4.69, 9.17) is 0 Å². The molecule has 0 bridgehead atoms. The number of halogens is 2. The second kappa shape index (κ2) is 4.69. The van der Waals surface area contributed by atoms with Gasteiger partial charge >= 0.3 is 0 Å². The van der Waals surface area contributed by atoms with Crippen LogP contribution in [0.25, 0.3) is 10.9 Å². The van der Waals surface area contributed by atoms with E-state index in [2.05, 4.69) is 36.8 Å². The minimum absolute atomic E-state index is 0. The summed E-state index contributed by atoms with van der Waals surface area (Å²) in [7, 11) is 0. The molecule has 0 aliphatic carbocycles. The molecule has 0 radical (unpaired) electrons. The van der Waals surface area contributed by atoms with Crippen LogP contribution in [0.5, 0.6) is 5.75 Å². The predicted molar refractivity (Wildman–Crippen MR) is 58.8 cm³/mol. The average Bonchev–Trinajstić information content (AvgIpc) is 2.15. The molecule has 0 aliphatic heterocycles. The minimum atomic E-state index is 0. The molecule has 0 aliphatic rings. The summed E-state index contributed by atoms with van der Waals surface area (Å²) in [6.07, 6.45) is 1.65. The molecule has 0 fully saturated rings. The Morgan fingerprint density at radius 1 is 1.21 bits per heavy atom. The summed E-state index contributed by atoms with van der Waals surface area (Å²) in [5.41, 5.74) is 0.601. The van der Waals surface area contributed by atoms with Gasteiger partial charge in [0.2, 0.25) is 0 Å². The van der Waals surface area contributed by atoms with Crippen LogP contribution in [-0.4, -0.2) is 10.1 Å². The predicted octanol–water partition coefficient (Wildman–Crippen LogP) is 3.46. The van der Waals surface area contributed by atoms with Crippen molar-refractivity contribution in [2.24, 2.45) is 0 Å². The van der Waals surface area contributed by atoms with Gasteiger partial charge in [-0.3, -0.25) is 4.98 Å². The fourth-order valence-electron chi connectivity index (χ4n) is 1.16. The van der Waals surface area contributed by atoms with Crippen molar-refractivity contribution in [3.8, 4) is 5.75 Å². The maximum atomic E-state index is 9.65. The van der Waals surface area contributed by atoms with Crippen molar-refractivity contribution in [1.82, 2.24) is 4.98 Å². The summed E-state index contributed by atoms with van der Waals surface area (Å²) in [5.74, 6) is 0.179. The van der Waals surface area contributed by atoms with Crippen molar-refractivity contribution in [3.63, 3.8) is 0 Å². The largest absolute Gasteiger partial charge is 0.505 e. The third-order valence-electron chi connectivity index (χ3n) is 1.77. The molecule has 0 atom stereocenters. The smallest absolute Gasteiger partial charge is 0.156 e. The fraction of sp³-hybridized carbons (Fsp3) is 0. The average molecular weight is 368 g/mol. The van der Waals surface area contributed by atoms with Crippen LogP contribution in [0.2, 0.25) is 0 Å². The van der Waals surface area contributed by atoms with E-state index in [-0.39, 0.29) is 25.2 Å².